The third-order valence-electron chi connectivity index (χ3n) is 3.82. The van der Waals surface area contributed by atoms with Gasteiger partial charge in [0.1, 0.15) is 5.67 Å². The molecule has 1 aliphatic carbocycles. The number of esters is 1. The van der Waals surface area contributed by atoms with E-state index in [0.29, 0.717) is 30.0 Å². The van der Waals surface area contributed by atoms with Crippen molar-refractivity contribution in [2.45, 2.75) is 51.1 Å². The zero-order valence-electron chi connectivity index (χ0n) is 11.8. The van der Waals surface area contributed by atoms with Gasteiger partial charge in [0, 0.05) is 10.6 Å². The van der Waals surface area contributed by atoms with Gasteiger partial charge >= 0.3 is 5.97 Å². The van der Waals surface area contributed by atoms with Gasteiger partial charge in [0.2, 0.25) is 0 Å². The Morgan fingerprint density at radius 1 is 1.35 bits per heavy atom. The SMILES string of the molecule is CCOC(=O)Cc1ccc(C2(F)CCCCC2)c(Cl)c1. The van der Waals surface area contributed by atoms with Gasteiger partial charge in [-0.05, 0) is 44.2 Å². The Bertz CT molecular complexity index is 481. The molecule has 4 heteroatoms. The van der Waals surface area contributed by atoms with Crippen LogP contribution in [0.25, 0.3) is 0 Å². The predicted molar refractivity (Wildman–Crippen MR) is 77.7 cm³/mol. The fraction of sp³-hybridized carbons (Fsp3) is 0.562. The quantitative estimate of drug-likeness (QED) is 0.761. The van der Waals surface area contributed by atoms with Crippen molar-refractivity contribution in [3.63, 3.8) is 0 Å². The maximum absolute atomic E-state index is 14.9. The Labute approximate surface area is 124 Å². The maximum Gasteiger partial charge on any atom is 0.310 e. The summed E-state index contributed by atoms with van der Waals surface area (Å²) in [5.74, 6) is -0.288. The number of carbonyl (C=O) groups is 1. The van der Waals surface area contributed by atoms with E-state index in [1.165, 1.54) is 0 Å². The topological polar surface area (TPSA) is 26.3 Å². The number of hydrogen-bond acceptors (Lipinski definition) is 2. The molecule has 20 heavy (non-hydrogen) atoms. The first-order valence-corrected chi connectivity index (χ1v) is 7.56. The van der Waals surface area contributed by atoms with E-state index < -0.39 is 5.67 Å². The minimum Gasteiger partial charge on any atom is -0.466 e. The first-order chi connectivity index (χ1) is 9.55. The summed E-state index contributed by atoms with van der Waals surface area (Å²) < 4.78 is 19.8. The van der Waals surface area contributed by atoms with Crippen molar-refractivity contribution in [2.75, 3.05) is 6.61 Å². The van der Waals surface area contributed by atoms with E-state index in [4.69, 9.17) is 16.3 Å². The molecule has 1 saturated carbocycles. The molecule has 0 N–H and O–H groups in total. The molecule has 0 aliphatic heterocycles. The number of carbonyl (C=O) groups excluding carboxylic acids is 1. The molecule has 1 aromatic rings. The standard InChI is InChI=1S/C16H20ClFO2/c1-2-20-15(19)11-12-6-7-13(14(17)10-12)16(18)8-4-3-5-9-16/h6-7,10H,2-5,8-9,11H2,1H3. The highest BCUT2D eigenvalue weighted by Crippen LogP contribution is 2.43. The van der Waals surface area contributed by atoms with Crippen molar-refractivity contribution in [2.24, 2.45) is 0 Å². The van der Waals surface area contributed by atoms with Crippen molar-refractivity contribution in [3.8, 4) is 0 Å². The molecule has 0 unspecified atom stereocenters. The Morgan fingerprint density at radius 3 is 2.65 bits per heavy atom. The number of hydrogen-bond donors (Lipinski definition) is 0. The number of benzene rings is 1. The van der Waals surface area contributed by atoms with Crippen LogP contribution in [-0.4, -0.2) is 12.6 Å². The molecule has 0 heterocycles. The second kappa shape index (κ2) is 6.57. The molecule has 0 aromatic heterocycles. The predicted octanol–water partition coefficient (Wildman–Crippen LogP) is 4.57. The molecule has 0 radical (unpaired) electrons. The lowest BCUT2D eigenvalue weighted by atomic mass is 9.81. The van der Waals surface area contributed by atoms with E-state index in [1.807, 2.05) is 0 Å². The summed E-state index contributed by atoms with van der Waals surface area (Å²) in [6, 6.07) is 5.18. The molecule has 0 bridgehead atoms. The molecule has 1 aliphatic rings. The van der Waals surface area contributed by atoms with Crippen LogP contribution in [0.4, 0.5) is 4.39 Å². The lowest BCUT2D eigenvalue weighted by molar-refractivity contribution is -0.142. The van der Waals surface area contributed by atoms with E-state index >= 15 is 0 Å². The van der Waals surface area contributed by atoms with E-state index in [1.54, 1.807) is 25.1 Å². The first kappa shape index (κ1) is 15.3. The molecule has 1 aromatic carbocycles. The van der Waals surface area contributed by atoms with Crippen molar-refractivity contribution >= 4 is 17.6 Å². The third-order valence-corrected chi connectivity index (χ3v) is 4.13. The lowest BCUT2D eigenvalue weighted by Crippen LogP contribution is -2.24. The molecule has 0 spiro atoms. The van der Waals surface area contributed by atoms with Crippen LogP contribution < -0.4 is 0 Å². The monoisotopic (exact) mass is 298 g/mol. The Balaban J connectivity index is 2.15. The molecular weight excluding hydrogens is 279 g/mol. The van der Waals surface area contributed by atoms with Crippen LogP contribution in [0.5, 0.6) is 0 Å². The summed E-state index contributed by atoms with van der Waals surface area (Å²) in [7, 11) is 0. The van der Waals surface area contributed by atoms with E-state index in [2.05, 4.69) is 0 Å². The molecule has 0 amide bonds. The van der Waals surface area contributed by atoms with E-state index in [0.717, 1.165) is 24.8 Å². The summed E-state index contributed by atoms with van der Waals surface area (Å²) in [6.45, 7) is 2.13. The minimum atomic E-state index is -1.31. The van der Waals surface area contributed by atoms with Gasteiger partial charge in [0.25, 0.3) is 0 Å². The summed E-state index contributed by atoms with van der Waals surface area (Å²) in [5, 5.41) is 0.413. The minimum absolute atomic E-state index is 0.174. The Morgan fingerprint density at radius 2 is 2.05 bits per heavy atom. The number of ether oxygens (including phenoxy) is 1. The number of alkyl halides is 1. The Hall–Kier alpha value is -1.09. The zero-order valence-corrected chi connectivity index (χ0v) is 12.5. The molecule has 1 fully saturated rings. The van der Waals surface area contributed by atoms with Gasteiger partial charge < -0.3 is 4.74 Å². The average Bonchev–Trinajstić information content (AvgIpc) is 2.39. The third kappa shape index (κ3) is 3.51. The number of halogens is 2. The lowest BCUT2D eigenvalue weighted by Gasteiger charge is -2.30. The summed E-state index contributed by atoms with van der Waals surface area (Å²) in [5.41, 5.74) is 0.0146. The van der Waals surface area contributed by atoms with Crippen LogP contribution >= 0.6 is 11.6 Å². The fourth-order valence-corrected chi connectivity index (χ4v) is 3.16. The van der Waals surface area contributed by atoms with Crippen LogP contribution in [0.1, 0.15) is 50.2 Å². The number of rotatable bonds is 4. The highest BCUT2D eigenvalue weighted by atomic mass is 35.5. The van der Waals surface area contributed by atoms with Gasteiger partial charge in [-0.25, -0.2) is 4.39 Å². The van der Waals surface area contributed by atoms with Gasteiger partial charge in [-0.2, -0.15) is 0 Å². The van der Waals surface area contributed by atoms with Gasteiger partial charge in [0.15, 0.2) is 0 Å². The van der Waals surface area contributed by atoms with E-state index in [-0.39, 0.29) is 12.4 Å². The molecule has 0 atom stereocenters. The Kier molecular flexibility index (Phi) is 5.03. The van der Waals surface area contributed by atoms with Crippen molar-refractivity contribution < 1.29 is 13.9 Å². The van der Waals surface area contributed by atoms with Crippen LogP contribution in [-0.2, 0) is 21.6 Å². The van der Waals surface area contributed by atoms with Crippen LogP contribution in [0.15, 0.2) is 18.2 Å². The normalized spacial score (nSPS) is 17.8. The second-order valence-corrected chi connectivity index (χ2v) is 5.73. The summed E-state index contributed by atoms with van der Waals surface area (Å²) in [6.07, 6.45) is 4.13. The van der Waals surface area contributed by atoms with Gasteiger partial charge in [-0.1, -0.05) is 30.2 Å². The fourth-order valence-electron chi connectivity index (χ4n) is 2.79. The summed E-state index contributed by atoms with van der Waals surface area (Å²) >= 11 is 6.22. The first-order valence-electron chi connectivity index (χ1n) is 7.18. The largest absolute Gasteiger partial charge is 0.466 e. The van der Waals surface area contributed by atoms with Crippen molar-refractivity contribution in [3.05, 3.63) is 34.3 Å². The molecule has 110 valence electrons. The summed E-state index contributed by atoms with van der Waals surface area (Å²) in [4.78, 5) is 11.4. The highest BCUT2D eigenvalue weighted by molar-refractivity contribution is 6.31. The zero-order chi connectivity index (χ0) is 14.6. The molecule has 2 rings (SSSR count). The van der Waals surface area contributed by atoms with E-state index in [9.17, 15) is 9.18 Å². The molecule has 2 nitrogen and oxygen atoms in total. The molecule has 0 saturated heterocycles. The van der Waals surface area contributed by atoms with Crippen molar-refractivity contribution in [1.82, 2.24) is 0 Å². The van der Waals surface area contributed by atoms with Gasteiger partial charge in [-0.3, -0.25) is 4.79 Å². The maximum atomic E-state index is 14.9. The van der Waals surface area contributed by atoms with Crippen LogP contribution in [0.2, 0.25) is 5.02 Å². The van der Waals surface area contributed by atoms with Crippen LogP contribution in [0, 0.1) is 0 Å². The van der Waals surface area contributed by atoms with Gasteiger partial charge in [-0.15, -0.1) is 0 Å². The highest BCUT2D eigenvalue weighted by Gasteiger charge is 2.35. The second-order valence-electron chi connectivity index (χ2n) is 5.32. The van der Waals surface area contributed by atoms with Gasteiger partial charge in [0.05, 0.1) is 13.0 Å². The smallest absolute Gasteiger partial charge is 0.310 e. The average molecular weight is 299 g/mol. The van der Waals surface area contributed by atoms with Crippen LogP contribution in [0.3, 0.4) is 0 Å². The van der Waals surface area contributed by atoms with Crippen molar-refractivity contribution in [1.29, 1.82) is 0 Å². The molecular formula is C16H20ClFO2.